The van der Waals surface area contributed by atoms with E-state index in [-0.39, 0.29) is 23.6 Å². The predicted octanol–water partition coefficient (Wildman–Crippen LogP) is 2.86. The molecule has 24 heavy (non-hydrogen) atoms. The molecule has 2 heterocycles. The van der Waals surface area contributed by atoms with Crippen molar-refractivity contribution in [1.29, 1.82) is 0 Å². The summed E-state index contributed by atoms with van der Waals surface area (Å²) in [6.07, 6.45) is -0.416. The second kappa shape index (κ2) is 7.63. The van der Waals surface area contributed by atoms with Gasteiger partial charge in [0.05, 0.1) is 0 Å². The zero-order valence-electron chi connectivity index (χ0n) is 13.6. The lowest BCUT2D eigenvalue weighted by molar-refractivity contribution is -0.141. The van der Waals surface area contributed by atoms with Crippen LogP contribution in [0.25, 0.3) is 0 Å². The minimum absolute atomic E-state index is 0.0226. The Morgan fingerprint density at radius 2 is 2.08 bits per heavy atom. The zero-order chi connectivity index (χ0) is 17.7. The van der Waals surface area contributed by atoms with Crippen LogP contribution in [0.2, 0.25) is 0 Å². The summed E-state index contributed by atoms with van der Waals surface area (Å²) in [5, 5.41) is 2.95. The van der Waals surface area contributed by atoms with Crippen molar-refractivity contribution in [3.05, 3.63) is 30.2 Å². The third-order valence-corrected chi connectivity index (χ3v) is 3.87. The van der Waals surface area contributed by atoms with Crippen LogP contribution in [-0.4, -0.2) is 35.0 Å². The molecule has 0 unspecified atom stereocenters. The molecule has 1 saturated heterocycles. The molecule has 1 aliphatic heterocycles. The fourth-order valence-electron chi connectivity index (χ4n) is 2.65. The Balaban J connectivity index is 1.96. The van der Waals surface area contributed by atoms with E-state index in [1.165, 1.54) is 6.92 Å². The average Bonchev–Trinajstić information content (AvgIpc) is 2.52. The molecule has 1 N–H and O–H groups in total. The molecule has 8 heteroatoms. The fraction of sp³-hybridized carbons (Fsp3) is 0.562. The Kier molecular flexibility index (Phi) is 5.80. The standard InChI is InChI=1S/C16H21F3N4O/c1-3-4-5-15(24)22-12-6-8-23(9-7-12)14-10-13(16(17,18)19)20-11(2)21-14/h3,10,12H,1,4-9H2,2H3,(H,22,24). The van der Waals surface area contributed by atoms with Gasteiger partial charge in [0.25, 0.3) is 0 Å². The number of carbonyl (C=O) groups excluding carboxylic acids is 1. The number of alkyl halides is 3. The third kappa shape index (κ3) is 4.94. The van der Waals surface area contributed by atoms with Gasteiger partial charge in [0.15, 0.2) is 0 Å². The summed E-state index contributed by atoms with van der Waals surface area (Å²) < 4.78 is 38.6. The number of aromatic nitrogens is 2. The summed E-state index contributed by atoms with van der Waals surface area (Å²) in [5.41, 5.74) is -0.926. The lowest BCUT2D eigenvalue weighted by atomic mass is 10.0. The Hall–Kier alpha value is -2.12. The van der Waals surface area contributed by atoms with Crippen LogP contribution in [0.5, 0.6) is 0 Å². The van der Waals surface area contributed by atoms with E-state index in [4.69, 9.17) is 0 Å². The van der Waals surface area contributed by atoms with Crippen LogP contribution >= 0.6 is 0 Å². The van der Waals surface area contributed by atoms with Gasteiger partial charge in [-0.15, -0.1) is 6.58 Å². The van der Waals surface area contributed by atoms with Crippen LogP contribution in [0.3, 0.4) is 0 Å². The monoisotopic (exact) mass is 342 g/mol. The molecule has 0 atom stereocenters. The first-order chi connectivity index (χ1) is 11.3. The number of nitrogens with one attached hydrogen (secondary N) is 1. The molecular formula is C16H21F3N4O. The molecule has 2 rings (SSSR count). The highest BCUT2D eigenvalue weighted by Crippen LogP contribution is 2.30. The van der Waals surface area contributed by atoms with E-state index in [1.54, 1.807) is 11.0 Å². The molecule has 0 aliphatic carbocycles. The highest BCUT2D eigenvalue weighted by Gasteiger charge is 2.34. The third-order valence-electron chi connectivity index (χ3n) is 3.87. The SMILES string of the molecule is C=CCCC(=O)NC1CCN(c2cc(C(F)(F)F)nc(C)n2)CC1. The smallest absolute Gasteiger partial charge is 0.356 e. The van der Waals surface area contributed by atoms with Gasteiger partial charge in [-0.05, 0) is 26.2 Å². The summed E-state index contributed by atoms with van der Waals surface area (Å²) in [6, 6.07) is 1.03. The van der Waals surface area contributed by atoms with Crippen LogP contribution in [-0.2, 0) is 11.0 Å². The summed E-state index contributed by atoms with van der Waals surface area (Å²) in [5.74, 6) is 0.358. The Bertz CT molecular complexity index is 595. The van der Waals surface area contributed by atoms with E-state index in [2.05, 4.69) is 21.9 Å². The Morgan fingerprint density at radius 1 is 1.42 bits per heavy atom. The van der Waals surface area contributed by atoms with Gasteiger partial charge in [-0.2, -0.15) is 13.2 Å². The fourth-order valence-corrected chi connectivity index (χ4v) is 2.65. The van der Waals surface area contributed by atoms with Crippen LogP contribution in [0, 0.1) is 6.92 Å². The van der Waals surface area contributed by atoms with Crippen molar-refractivity contribution in [2.24, 2.45) is 0 Å². The number of carbonyl (C=O) groups is 1. The van der Waals surface area contributed by atoms with Crippen LogP contribution < -0.4 is 10.2 Å². The van der Waals surface area contributed by atoms with Crippen LogP contribution in [0.15, 0.2) is 18.7 Å². The highest BCUT2D eigenvalue weighted by molar-refractivity contribution is 5.76. The van der Waals surface area contributed by atoms with E-state index in [1.807, 2.05) is 0 Å². The van der Waals surface area contributed by atoms with Crippen molar-refractivity contribution in [2.45, 2.75) is 44.8 Å². The van der Waals surface area contributed by atoms with Crippen molar-refractivity contribution >= 4 is 11.7 Å². The summed E-state index contributed by atoms with van der Waals surface area (Å²) in [7, 11) is 0. The second-order valence-corrected chi connectivity index (χ2v) is 5.81. The van der Waals surface area contributed by atoms with E-state index in [0.29, 0.717) is 38.8 Å². The zero-order valence-corrected chi connectivity index (χ0v) is 13.6. The minimum Gasteiger partial charge on any atom is -0.356 e. The summed E-state index contributed by atoms with van der Waals surface area (Å²) in [4.78, 5) is 21.1. The topological polar surface area (TPSA) is 58.1 Å². The number of rotatable bonds is 5. The van der Waals surface area contributed by atoms with E-state index in [0.717, 1.165) is 6.07 Å². The van der Waals surface area contributed by atoms with E-state index < -0.39 is 11.9 Å². The first-order valence-electron chi connectivity index (χ1n) is 7.87. The Morgan fingerprint density at radius 3 is 2.67 bits per heavy atom. The van der Waals surface area contributed by atoms with Crippen molar-refractivity contribution in [3.63, 3.8) is 0 Å². The van der Waals surface area contributed by atoms with Gasteiger partial charge in [-0.25, -0.2) is 9.97 Å². The van der Waals surface area contributed by atoms with Gasteiger partial charge in [-0.3, -0.25) is 4.79 Å². The minimum atomic E-state index is -4.49. The quantitative estimate of drug-likeness (QED) is 0.836. The number of nitrogens with zero attached hydrogens (tertiary/aromatic N) is 3. The highest BCUT2D eigenvalue weighted by atomic mass is 19.4. The number of hydrogen-bond donors (Lipinski definition) is 1. The number of allylic oxidation sites excluding steroid dienone is 1. The first kappa shape index (κ1) is 18.2. The molecule has 5 nitrogen and oxygen atoms in total. The molecule has 1 amide bonds. The van der Waals surface area contributed by atoms with Gasteiger partial charge in [0.2, 0.25) is 5.91 Å². The van der Waals surface area contributed by atoms with Gasteiger partial charge < -0.3 is 10.2 Å². The summed E-state index contributed by atoms with van der Waals surface area (Å²) in [6.45, 7) is 6.11. The van der Waals surface area contributed by atoms with Crippen LogP contribution in [0.1, 0.15) is 37.2 Å². The molecule has 1 aromatic heterocycles. The van der Waals surface area contributed by atoms with Crippen molar-refractivity contribution in [3.8, 4) is 0 Å². The second-order valence-electron chi connectivity index (χ2n) is 5.81. The van der Waals surface area contributed by atoms with Crippen molar-refractivity contribution in [2.75, 3.05) is 18.0 Å². The molecule has 0 radical (unpaired) electrons. The maximum absolute atomic E-state index is 12.9. The molecule has 1 fully saturated rings. The Labute approximate surface area is 139 Å². The molecular weight excluding hydrogens is 321 g/mol. The summed E-state index contributed by atoms with van der Waals surface area (Å²) >= 11 is 0. The predicted molar refractivity (Wildman–Crippen MR) is 84.6 cm³/mol. The van der Waals surface area contributed by atoms with Gasteiger partial charge >= 0.3 is 6.18 Å². The average molecular weight is 342 g/mol. The number of halogens is 3. The van der Waals surface area contributed by atoms with Gasteiger partial charge in [-0.1, -0.05) is 6.08 Å². The number of aryl methyl sites for hydroxylation is 1. The molecule has 0 spiro atoms. The van der Waals surface area contributed by atoms with Crippen molar-refractivity contribution < 1.29 is 18.0 Å². The van der Waals surface area contributed by atoms with E-state index >= 15 is 0 Å². The van der Waals surface area contributed by atoms with Crippen LogP contribution in [0.4, 0.5) is 19.0 Å². The number of piperidine rings is 1. The van der Waals surface area contributed by atoms with Crippen molar-refractivity contribution in [1.82, 2.24) is 15.3 Å². The molecule has 1 aliphatic rings. The maximum atomic E-state index is 12.9. The molecule has 0 bridgehead atoms. The molecule has 0 aromatic carbocycles. The molecule has 132 valence electrons. The first-order valence-corrected chi connectivity index (χ1v) is 7.87. The molecule has 0 saturated carbocycles. The number of anilines is 1. The largest absolute Gasteiger partial charge is 0.433 e. The molecule has 1 aromatic rings. The lowest BCUT2D eigenvalue weighted by Gasteiger charge is -2.33. The van der Waals surface area contributed by atoms with Gasteiger partial charge in [0, 0.05) is 31.6 Å². The lowest BCUT2D eigenvalue weighted by Crippen LogP contribution is -2.45. The van der Waals surface area contributed by atoms with Gasteiger partial charge in [0.1, 0.15) is 17.3 Å². The van der Waals surface area contributed by atoms with E-state index in [9.17, 15) is 18.0 Å². The maximum Gasteiger partial charge on any atom is 0.433 e. The number of hydrogen-bond acceptors (Lipinski definition) is 4. The number of amides is 1. The normalized spacial score (nSPS) is 16.1.